The van der Waals surface area contributed by atoms with Crippen molar-refractivity contribution in [3.8, 4) is 0 Å². The first-order chi connectivity index (χ1) is 6.05. The van der Waals surface area contributed by atoms with E-state index in [-0.39, 0.29) is 21.3 Å². The standard InChI is InChI=1S/C8H12Cl2O2S/c9-7-5-3-1-2-4-6(8(7)10)13(5,11)12/h5-8H,1-4H2/t5-,6-,7-,8-/m1/s1. The minimum Gasteiger partial charge on any atom is -0.228 e. The number of halogens is 2. The summed E-state index contributed by atoms with van der Waals surface area (Å²) < 4.78 is 23.7. The molecule has 4 atom stereocenters. The lowest BCUT2D eigenvalue weighted by Crippen LogP contribution is -2.24. The average molecular weight is 243 g/mol. The van der Waals surface area contributed by atoms with Crippen molar-refractivity contribution >= 4 is 33.0 Å². The van der Waals surface area contributed by atoms with Crippen LogP contribution in [0.3, 0.4) is 0 Å². The number of alkyl halides is 2. The van der Waals surface area contributed by atoms with Gasteiger partial charge in [-0.3, -0.25) is 0 Å². The van der Waals surface area contributed by atoms with Crippen molar-refractivity contribution in [2.45, 2.75) is 46.9 Å². The van der Waals surface area contributed by atoms with E-state index in [9.17, 15) is 8.42 Å². The molecule has 2 saturated heterocycles. The Morgan fingerprint density at radius 3 is 1.69 bits per heavy atom. The van der Waals surface area contributed by atoms with Crippen LogP contribution in [0.2, 0.25) is 0 Å². The summed E-state index contributed by atoms with van der Waals surface area (Å²) >= 11 is 12.0. The molecule has 2 nitrogen and oxygen atoms in total. The van der Waals surface area contributed by atoms with Crippen LogP contribution >= 0.6 is 23.2 Å². The number of rotatable bonds is 0. The van der Waals surface area contributed by atoms with Crippen LogP contribution in [0.4, 0.5) is 0 Å². The van der Waals surface area contributed by atoms with Gasteiger partial charge in [0.25, 0.3) is 0 Å². The molecule has 2 heterocycles. The van der Waals surface area contributed by atoms with E-state index >= 15 is 0 Å². The molecule has 0 N–H and O–H groups in total. The Hall–Kier alpha value is 0.530. The molecule has 0 amide bonds. The van der Waals surface area contributed by atoms with E-state index in [0.29, 0.717) is 12.8 Å². The fourth-order valence-corrected chi connectivity index (χ4v) is 6.47. The molecule has 76 valence electrons. The molecule has 0 aromatic heterocycles. The maximum absolute atomic E-state index is 11.8. The lowest BCUT2D eigenvalue weighted by Gasteiger charge is -2.14. The van der Waals surface area contributed by atoms with Gasteiger partial charge in [0, 0.05) is 0 Å². The molecular weight excluding hydrogens is 231 g/mol. The Labute approximate surface area is 88.5 Å². The Bertz CT molecular complexity index is 277. The topological polar surface area (TPSA) is 34.1 Å². The summed E-state index contributed by atoms with van der Waals surface area (Å²) in [4.78, 5) is 0. The van der Waals surface area contributed by atoms with Crippen LogP contribution in [0, 0.1) is 0 Å². The Morgan fingerprint density at radius 2 is 1.31 bits per heavy atom. The zero-order valence-corrected chi connectivity index (χ0v) is 9.45. The minimum absolute atomic E-state index is 0.378. The minimum atomic E-state index is -3.03. The van der Waals surface area contributed by atoms with Crippen LogP contribution in [0.15, 0.2) is 0 Å². The first kappa shape index (κ1) is 10.1. The molecule has 0 radical (unpaired) electrons. The van der Waals surface area contributed by atoms with Crippen molar-refractivity contribution in [2.24, 2.45) is 0 Å². The SMILES string of the molecule is O=S1(=O)[C@@H]2CCCC[C@@H]1[C@@H](Cl)[C@@H]2Cl. The predicted octanol–water partition coefficient (Wildman–Crippen LogP) is 1.94. The second-order valence-electron chi connectivity index (χ2n) is 3.84. The third kappa shape index (κ3) is 1.40. The molecule has 0 aliphatic carbocycles. The van der Waals surface area contributed by atoms with Crippen molar-refractivity contribution < 1.29 is 8.42 Å². The van der Waals surface area contributed by atoms with Crippen molar-refractivity contribution in [3.63, 3.8) is 0 Å². The smallest absolute Gasteiger partial charge is 0.159 e. The van der Waals surface area contributed by atoms with Gasteiger partial charge in [-0.2, -0.15) is 0 Å². The molecule has 0 unspecified atom stereocenters. The van der Waals surface area contributed by atoms with E-state index in [1.165, 1.54) is 0 Å². The number of hydrogen-bond acceptors (Lipinski definition) is 2. The second kappa shape index (κ2) is 3.28. The summed E-state index contributed by atoms with van der Waals surface area (Å²) in [5, 5.41) is -1.53. The molecule has 2 fully saturated rings. The van der Waals surface area contributed by atoms with Gasteiger partial charge >= 0.3 is 0 Å². The molecule has 0 spiro atoms. The Morgan fingerprint density at radius 1 is 0.923 bits per heavy atom. The maximum Gasteiger partial charge on any atom is 0.159 e. The lowest BCUT2D eigenvalue weighted by atomic mass is 10.0. The highest BCUT2D eigenvalue weighted by atomic mass is 35.5. The lowest BCUT2D eigenvalue weighted by molar-refractivity contribution is 0.565. The molecule has 2 rings (SSSR count). The van der Waals surface area contributed by atoms with Gasteiger partial charge < -0.3 is 0 Å². The van der Waals surface area contributed by atoms with Crippen molar-refractivity contribution in [1.82, 2.24) is 0 Å². The van der Waals surface area contributed by atoms with Crippen LogP contribution in [0.1, 0.15) is 25.7 Å². The summed E-state index contributed by atoms with van der Waals surface area (Å²) in [6.45, 7) is 0. The first-order valence-electron chi connectivity index (χ1n) is 4.56. The number of fused-ring (bicyclic) bond motifs is 2. The molecular formula is C8H12Cl2O2S. The van der Waals surface area contributed by atoms with E-state index in [1.54, 1.807) is 0 Å². The molecule has 0 aromatic carbocycles. The van der Waals surface area contributed by atoms with Gasteiger partial charge in [0.2, 0.25) is 0 Å². The molecule has 5 heteroatoms. The van der Waals surface area contributed by atoms with Gasteiger partial charge in [0.15, 0.2) is 9.84 Å². The summed E-state index contributed by atoms with van der Waals surface area (Å²) in [6, 6.07) is 0. The highest BCUT2D eigenvalue weighted by Crippen LogP contribution is 2.42. The maximum atomic E-state index is 11.8. The highest BCUT2D eigenvalue weighted by molar-refractivity contribution is 7.93. The predicted molar refractivity (Wildman–Crippen MR) is 54.2 cm³/mol. The second-order valence-corrected chi connectivity index (χ2v) is 7.24. The van der Waals surface area contributed by atoms with E-state index in [4.69, 9.17) is 23.2 Å². The molecule has 13 heavy (non-hydrogen) atoms. The third-order valence-electron chi connectivity index (χ3n) is 3.09. The monoisotopic (exact) mass is 242 g/mol. The van der Waals surface area contributed by atoms with Crippen LogP contribution in [0.5, 0.6) is 0 Å². The van der Waals surface area contributed by atoms with Gasteiger partial charge in [-0.15, -0.1) is 23.2 Å². The normalized spacial score (nSPS) is 48.8. The van der Waals surface area contributed by atoms with Crippen LogP contribution in [-0.4, -0.2) is 29.7 Å². The highest BCUT2D eigenvalue weighted by Gasteiger charge is 2.53. The zero-order chi connectivity index (χ0) is 9.64. The molecule has 2 aliphatic heterocycles. The van der Waals surface area contributed by atoms with Crippen molar-refractivity contribution in [1.29, 1.82) is 0 Å². The van der Waals surface area contributed by atoms with Gasteiger partial charge in [-0.05, 0) is 12.8 Å². The summed E-state index contributed by atoms with van der Waals surface area (Å²) in [5.74, 6) is 0. The van der Waals surface area contributed by atoms with Gasteiger partial charge in [0.05, 0.1) is 21.3 Å². The van der Waals surface area contributed by atoms with Gasteiger partial charge in [0.1, 0.15) is 0 Å². The number of hydrogen-bond donors (Lipinski definition) is 0. The van der Waals surface area contributed by atoms with Crippen molar-refractivity contribution in [2.75, 3.05) is 0 Å². The van der Waals surface area contributed by atoms with Crippen molar-refractivity contribution in [3.05, 3.63) is 0 Å². The summed E-state index contributed by atoms with van der Waals surface area (Å²) in [7, 11) is -3.03. The molecule has 0 saturated carbocycles. The Kier molecular flexibility index (Phi) is 2.54. The van der Waals surface area contributed by atoms with E-state index in [0.717, 1.165) is 12.8 Å². The zero-order valence-electron chi connectivity index (χ0n) is 7.12. The van der Waals surface area contributed by atoms with E-state index in [2.05, 4.69) is 0 Å². The van der Waals surface area contributed by atoms with Crippen LogP contribution in [0.25, 0.3) is 0 Å². The fraction of sp³-hybridized carbons (Fsp3) is 1.00. The van der Waals surface area contributed by atoms with Gasteiger partial charge in [-0.25, -0.2) is 8.42 Å². The fourth-order valence-electron chi connectivity index (χ4n) is 2.34. The first-order valence-corrected chi connectivity index (χ1v) is 7.04. The molecule has 2 bridgehead atoms. The average Bonchev–Trinajstić information content (AvgIpc) is 2.23. The number of sulfone groups is 1. The van der Waals surface area contributed by atoms with Crippen LogP contribution in [-0.2, 0) is 9.84 Å². The van der Waals surface area contributed by atoms with E-state index in [1.807, 2.05) is 0 Å². The quantitative estimate of drug-likeness (QED) is 0.609. The molecule has 0 aromatic rings. The van der Waals surface area contributed by atoms with Gasteiger partial charge in [-0.1, -0.05) is 12.8 Å². The van der Waals surface area contributed by atoms with E-state index < -0.39 is 9.84 Å². The third-order valence-corrected chi connectivity index (χ3v) is 7.41. The van der Waals surface area contributed by atoms with Crippen LogP contribution < -0.4 is 0 Å². The molecule has 2 aliphatic rings. The largest absolute Gasteiger partial charge is 0.228 e. The summed E-state index contributed by atoms with van der Waals surface area (Å²) in [6.07, 6.45) is 3.31. The Balaban J connectivity index is 2.42. The summed E-state index contributed by atoms with van der Waals surface area (Å²) in [5.41, 5.74) is 0.